The van der Waals surface area contributed by atoms with Gasteiger partial charge in [0.25, 0.3) is 0 Å². The first kappa shape index (κ1) is 11.1. The summed E-state index contributed by atoms with van der Waals surface area (Å²) >= 11 is 0. The van der Waals surface area contributed by atoms with E-state index < -0.39 is 0 Å². The lowest BCUT2D eigenvalue weighted by molar-refractivity contribution is 0.400. The molecule has 1 aromatic rings. The molecule has 0 aliphatic carbocycles. The Hall–Kier alpha value is -0.930. The van der Waals surface area contributed by atoms with Gasteiger partial charge in [-0.25, -0.2) is 0 Å². The summed E-state index contributed by atoms with van der Waals surface area (Å²) in [4.78, 5) is 0. The molecule has 0 fully saturated rings. The minimum absolute atomic E-state index is 0. The summed E-state index contributed by atoms with van der Waals surface area (Å²) in [6.45, 7) is 0.288. The predicted molar refractivity (Wildman–Crippen MR) is 49.8 cm³/mol. The third kappa shape index (κ3) is 2.03. The van der Waals surface area contributed by atoms with Crippen LogP contribution in [0.5, 0.6) is 11.5 Å². The van der Waals surface area contributed by atoms with Gasteiger partial charge in [-0.2, -0.15) is 0 Å². The smallest absolute Gasteiger partial charge is 0.127 e. The van der Waals surface area contributed by atoms with Gasteiger partial charge in [0, 0.05) is 12.1 Å². The Morgan fingerprint density at radius 2 is 2.17 bits per heavy atom. The second-order valence-corrected chi connectivity index (χ2v) is 2.16. The third-order valence-corrected chi connectivity index (χ3v) is 1.53. The lowest BCUT2D eigenvalue weighted by atomic mass is 10.2. The molecular formula is C8H12ClNO2. The van der Waals surface area contributed by atoms with Crippen LogP contribution in [0.3, 0.4) is 0 Å². The first-order valence-corrected chi connectivity index (χ1v) is 3.34. The Morgan fingerprint density at radius 1 is 1.50 bits per heavy atom. The van der Waals surface area contributed by atoms with Gasteiger partial charge in [0.05, 0.1) is 7.11 Å². The molecule has 1 aromatic carbocycles. The van der Waals surface area contributed by atoms with Gasteiger partial charge in [-0.3, -0.25) is 0 Å². The number of phenolic OH excluding ortho intramolecular Hbond substituents is 1. The van der Waals surface area contributed by atoms with Crippen LogP contribution >= 0.6 is 12.4 Å². The van der Waals surface area contributed by atoms with Gasteiger partial charge in [0.15, 0.2) is 0 Å². The highest BCUT2D eigenvalue weighted by Gasteiger charge is 2.04. The molecule has 0 bridgehead atoms. The van der Waals surface area contributed by atoms with Crippen LogP contribution in [0.2, 0.25) is 0 Å². The fourth-order valence-corrected chi connectivity index (χ4v) is 0.950. The predicted octanol–water partition coefficient (Wildman–Crippen LogP) is 1.28. The molecule has 3 N–H and O–H groups in total. The van der Waals surface area contributed by atoms with Crippen LogP contribution in [0.25, 0.3) is 0 Å². The number of phenols is 1. The maximum Gasteiger partial charge on any atom is 0.127 e. The largest absolute Gasteiger partial charge is 0.507 e. The van der Waals surface area contributed by atoms with Gasteiger partial charge >= 0.3 is 0 Å². The second kappa shape index (κ2) is 4.85. The number of hydrogen-bond acceptors (Lipinski definition) is 3. The second-order valence-electron chi connectivity index (χ2n) is 2.16. The lowest BCUT2D eigenvalue weighted by Gasteiger charge is -2.06. The SMILES string of the molecule is COc1cccc(O)c1CN.Cl. The molecule has 1 rings (SSSR count). The number of halogens is 1. The van der Waals surface area contributed by atoms with Crippen molar-refractivity contribution in [3.63, 3.8) is 0 Å². The summed E-state index contributed by atoms with van der Waals surface area (Å²) in [7, 11) is 1.55. The Balaban J connectivity index is 0.00000121. The molecule has 0 heterocycles. The first-order valence-electron chi connectivity index (χ1n) is 3.34. The molecule has 0 atom stereocenters. The van der Waals surface area contributed by atoms with Gasteiger partial charge < -0.3 is 15.6 Å². The van der Waals surface area contributed by atoms with Crippen molar-refractivity contribution >= 4 is 12.4 Å². The van der Waals surface area contributed by atoms with E-state index in [9.17, 15) is 5.11 Å². The normalized spacial score (nSPS) is 8.83. The standard InChI is InChI=1S/C8H11NO2.ClH/c1-11-8-4-2-3-7(10)6(8)5-9;/h2-4,10H,5,9H2,1H3;1H. The minimum Gasteiger partial charge on any atom is -0.507 e. The zero-order chi connectivity index (χ0) is 8.27. The first-order chi connectivity index (χ1) is 5.29. The van der Waals surface area contributed by atoms with Crippen LogP contribution in [0.4, 0.5) is 0 Å². The molecule has 0 aliphatic heterocycles. The number of benzene rings is 1. The van der Waals surface area contributed by atoms with Gasteiger partial charge in [-0.15, -0.1) is 12.4 Å². The van der Waals surface area contributed by atoms with Crippen molar-refractivity contribution < 1.29 is 9.84 Å². The zero-order valence-electron chi connectivity index (χ0n) is 6.78. The zero-order valence-corrected chi connectivity index (χ0v) is 7.60. The molecule has 0 saturated heterocycles. The third-order valence-electron chi connectivity index (χ3n) is 1.53. The molecule has 12 heavy (non-hydrogen) atoms. The van der Waals surface area contributed by atoms with Crippen LogP contribution in [-0.4, -0.2) is 12.2 Å². The summed E-state index contributed by atoms with van der Waals surface area (Å²) in [5.41, 5.74) is 6.04. The van der Waals surface area contributed by atoms with Crippen molar-refractivity contribution in [2.45, 2.75) is 6.54 Å². The quantitative estimate of drug-likeness (QED) is 0.737. The Labute approximate surface area is 77.6 Å². The average molecular weight is 190 g/mol. The molecule has 0 radical (unpaired) electrons. The molecule has 0 saturated carbocycles. The Morgan fingerprint density at radius 3 is 2.58 bits per heavy atom. The van der Waals surface area contributed by atoms with Crippen LogP contribution < -0.4 is 10.5 Å². The highest BCUT2D eigenvalue weighted by molar-refractivity contribution is 5.85. The fourth-order valence-electron chi connectivity index (χ4n) is 0.950. The lowest BCUT2D eigenvalue weighted by Crippen LogP contribution is -1.99. The maximum atomic E-state index is 9.26. The number of nitrogens with two attached hydrogens (primary N) is 1. The van der Waals surface area contributed by atoms with Gasteiger partial charge in [-0.1, -0.05) is 6.07 Å². The van der Waals surface area contributed by atoms with E-state index >= 15 is 0 Å². The minimum atomic E-state index is 0. The summed E-state index contributed by atoms with van der Waals surface area (Å²) in [5.74, 6) is 0.819. The molecule has 68 valence electrons. The van der Waals surface area contributed by atoms with E-state index in [-0.39, 0.29) is 24.7 Å². The molecule has 3 nitrogen and oxygen atoms in total. The monoisotopic (exact) mass is 189 g/mol. The number of methoxy groups -OCH3 is 1. The Bertz CT molecular complexity index is 253. The average Bonchev–Trinajstić information content (AvgIpc) is 2.04. The van der Waals surface area contributed by atoms with Crippen molar-refractivity contribution in [1.82, 2.24) is 0 Å². The van der Waals surface area contributed by atoms with Gasteiger partial charge in [-0.05, 0) is 12.1 Å². The van der Waals surface area contributed by atoms with Crippen molar-refractivity contribution in [2.75, 3.05) is 7.11 Å². The van der Waals surface area contributed by atoms with Crippen molar-refractivity contribution in [1.29, 1.82) is 0 Å². The van der Waals surface area contributed by atoms with E-state index in [1.165, 1.54) is 0 Å². The van der Waals surface area contributed by atoms with Crippen LogP contribution in [0.1, 0.15) is 5.56 Å². The van der Waals surface area contributed by atoms with Crippen LogP contribution in [0.15, 0.2) is 18.2 Å². The number of hydrogen-bond donors (Lipinski definition) is 2. The summed E-state index contributed by atoms with van der Waals surface area (Å²) in [6, 6.07) is 5.07. The number of ether oxygens (including phenoxy) is 1. The molecule has 0 aromatic heterocycles. The van der Waals surface area contributed by atoms with E-state index in [0.717, 1.165) is 0 Å². The molecule has 0 unspecified atom stereocenters. The van der Waals surface area contributed by atoms with E-state index in [1.54, 1.807) is 25.3 Å². The van der Waals surface area contributed by atoms with Crippen molar-refractivity contribution in [2.24, 2.45) is 5.73 Å². The van der Waals surface area contributed by atoms with Gasteiger partial charge in [0.2, 0.25) is 0 Å². The van der Waals surface area contributed by atoms with Crippen molar-refractivity contribution in [3.05, 3.63) is 23.8 Å². The van der Waals surface area contributed by atoms with Crippen LogP contribution in [0, 0.1) is 0 Å². The van der Waals surface area contributed by atoms with Crippen molar-refractivity contribution in [3.8, 4) is 11.5 Å². The van der Waals surface area contributed by atoms with E-state index in [1.807, 2.05) is 0 Å². The van der Waals surface area contributed by atoms with E-state index in [0.29, 0.717) is 11.3 Å². The van der Waals surface area contributed by atoms with Crippen LogP contribution in [-0.2, 0) is 6.54 Å². The highest BCUT2D eigenvalue weighted by atomic mass is 35.5. The summed E-state index contributed by atoms with van der Waals surface area (Å²) in [5, 5.41) is 9.26. The number of aromatic hydroxyl groups is 1. The fraction of sp³-hybridized carbons (Fsp3) is 0.250. The van der Waals surface area contributed by atoms with E-state index in [2.05, 4.69) is 0 Å². The molecule has 0 spiro atoms. The molecule has 4 heteroatoms. The van der Waals surface area contributed by atoms with E-state index in [4.69, 9.17) is 10.5 Å². The molecule has 0 amide bonds. The highest BCUT2D eigenvalue weighted by Crippen LogP contribution is 2.25. The molecular weight excluding hydrogens is 178 g/mol. The summed E-state index contributed by atoms with van der Waals surface area (Å²) < 4.78 is 4.98. The Kier molecular flexibility index (Phi) is 4.47. The van der Waals surface area contributed by atoms with Gasteiger partial charge in [0.1, 0.15) is 11.5 Å². The molecule has 0 aliphatic rings. The summed E-state index contributed by atoms with van der Waals surface area (Å²) in [6.07, 6.45) is 0. The topological polar surface area (TPSA) is 55.5 Å². The maximum absolute atomic E-state index is 9.26. The number of rotatable bonds is 2.